The zero-order valence-corrected chi connectivity index (χ0v) is 16.8. The molecule has 1 heterocycles. The summed E-state index contributed by atoms with van der Waals surface area (Å²) in [4.78, 5) is 28.5. The van der Waals surface area contributed by atoms with E-state index >= 15 is 0 Å². The summed E-state index contributed by atoms with van der Waals surface area (Å²) in [5.74, 6) is -0.153. The summed E-state index contributed by atoms with van der Waals surface area (Å²) in [6, 6.07) is 15.8. The van der Waals surface area contributed by atoms with Crippen molar-refractivity contribution in [2.24, 2.45) is 0 Å². The molecule has 0 radical (unpaired) electrons. The van der Waals surface area contributed by atoms with Crippen LogP contribution in [-0.4, -0.2) is 31.4 Å². The number of carbonyl (C=O) groups excluding carboxylic acids is 2. The summed E-state index contributed by atoms with van der Waals surface area (Å²) in [7, 11) is 0. The van der Waals surface area contributed by atoms with Crippen LogP contribution in [0.15, 0.2) is 48.5 Å². The van der Waals surface area contributed by atoms with Crippen LogP contribution in [0.25, 0.3) is 0 Å². The first kappa shape index (κ1) is 19.9. The number of rotatable bonds is 6. The van der Waals surface area contributed by atoms with Crippen LogP contribution in [0.5, 0.6) is 0 Å². The van der Waals surface area contributed by atoms with Crippen molar-refractivity contribution in [3.8, 4) is 0 Å². The quantitative estimate of drug-likeness (QED) is 0.811. The molecule has 0 saturated carbocycles. The number of hydrogen-bond acceptors (Lipinski definition) is 3. The van der Waals surface area contributed by atoms with Gasteiger partial charge in [-0.1, -0.05) is 18.2 Å². The standard InChI is InChI=1S/C23H29N3O2/c1-18-8-4-5-9-22(18)24-23(28)14-17-26(19(2)27)21-12-10-20(11-13-21)25-15-6-3-7-16-25/h4-5,8-13H,3,6-7,14-17H2,1-2H3,(H,24,28). The first-order valence-corrected chi connectivity index (χ1v) is 10.0. The van der Waals surface area contributed by atoms with Gasteiger partial charge in [0, 0.05) is 50.0 Å². The van der Waals surface area contributed by atoms with E-state index in [1.165, 1.54) is 31.9 Å². The van der Waals surface area contributed by atoms with E-state index in [2.05, 4.69) is 22.3 Å². The maximum absolute atomic E-state index is 12.3. The van der Waals surface area contributed by atoms with Gasteiger partial charge in [0.05, 0.1) is 0 Å². The van der Waals surface area contributed by atoms with Gasteiger partial charge in [0.1, 0.15) is 0 Å². The summed E-state index contributed by atoms with van der Waals surface area (Å²) in [5, 5.41) is 2.92. The van der Waals surface area contributed by atoms with Crippen molar-refractivity contribution in [2.75, 3.05) is 34.8 Å². The van der Waals surface area contributed by atoms with Crippen LogP contribution in [0.4, 0.5) is 17.1 Å². The van der Waals surface area contributed by atoms with Crippen LogP contribution < -0.4 is 15.1 Å². The van der Waals surface area contributed by atoms with Crippen LogP contribution in [0.3, 0.4) is 0 Å². The molecule has 148 valence electrons. The summed E-state index contributed by atoms with van der Waals surface area (Å²) in [6.45, 7) is 6.04. The Balaban J connectivity index is 1.60. The fraction of sp³-hybridized carbons (Fsp3) is 0.391. The minimum atomic E-state index is -0.0921. The molecule has 0 bridgehead atoms. The number of nitrogens with zero attached hydrogens (tertiary/aromatic N) is 2. The van der Waals surface area contributed by atoms with E-state index in [1.807, 2.05) is 43.3 Å². The molecule has 0 atom stereocenters. The lowest BCUT2D eigenvalue weighted by atomic mass is 10.1. The molecule has 0 unspecified atom stereocenters. The summed E-state index contributed by atoms with van der Waals surface area (Å²) >= 11 is 0. The molecule has 1 aliphatic heterocycles. The highest BCUT2D eigenvalue weighted by Gasteiger charge is 2.15. The highest BCUT2D eigenvalue weighted by Crippen LogP contribution is 2.24. The molecule has 2 amide bonds. The Kier molecular flexibility index (Phi) is 6.69. The molecular weight excluding hydrogens is 350 g/mol. The van der Waals surface area contributed by atoms with Gasteiger partial charge >= 0.3 is 0 Å². The first-order valence-electron chi connectivity index (χ1n) is 10.0. The molecule has 1 saturated heterocycles. The average Bonchev–Trinajstić information content (AvgIpc) is 2.71. The number of piperidine rings is 1. The van der Waals surface area contributed by atoms with E-state index in [-0.39, 0.29) is 18.2 Å². The second kappa shape index (κ2) is 9.40. The molecule has 0 aliphatic carbocycles. The smallest absolute Gasteiger partial charge is 0.226 e. The second-order valence-electron chi connectivity index (χ2n) is 7.35. The Morgan fingerprint density at radius 1 is 1.00 bits per heavy atom. The van der Waals surface area contributed by atoms with E-state index in [1.54, 1.807) is 4.90 Å². The van der Waals surface area contributed by atoms with E-state index in [9.17, 15) is 9.59 Å². The van der Waals surface area contributed by atoms with Crippen molar-refractivity contribution >= 4 is 28.9 Å². The number of hydrogen-bond donors (Lipinski definition) is 1. The Hall–Kier alpha value is -2.82. The zero-order valence-electron chi connectivity index (χ0n) is 16.8. The van der Waals surface area contributed by atoms with Crippen molar-refractivity contribution in [3.05, 3.63) is 54.1 Å². The third kappa shape index (κ3) is 5.12. The van der Waals surface area contributed by atoms with Gasteiger partial charge in [0.15, 0.2) is 0 Å². The molecule has 0 spiro atoms. The molecule has 5 nitrogen and oxygen atoms in total. The van der Waals surface area contributed by atoms with Crippen LogP contribution in [0.2, 0.25) is 0 Å². The lowest BCUT2D eigenvalue weighted by molar-refractivity contribution is -0.117. The number of carbonyl (C=O) groups is 2. The largest absolute Gasteiger partial charge is 0.372 e. The molecule has 2 aromatic rings. The minimum absolute atomic E-state index is 0.0607. The van der Waals surface area contributed by atoms with Gasteiger partial charge in [-0.15, -0.1) is 0 Å². The van der Waals surface area contributed by atoms with E-state index < -0.39 is 0 Å². The number of nitrogens with one attached hydrogen (secondary N) is 1. The van der Waals surface area contributed by atoms with Gasteiger partial charge in [-0.05, 0) is 62.1 Å². The second-order valence-corrected chi connectivity index (χ2v) is 7.35. The van der Waals surface area contributed by atoms with Crippen molar-refractivity contribution in [2.45, 2.75) is 39.5 Å². The molecule has 5 heteroatoms. The monoisotopic (exact) mass is 379 g/mol. The van der Waals surface area contributed by atoms with Gasteiger partial charge in [-0.2, -0.15) is 0 Å². The predicted molar refractivity (Wildman–Crippen MR) is 115 cm³/mol. The van der Waals surface area contributed by atoms with Gasteiger partial charge in [0.2, 0.25) is 11.8 Å². The third-order valence-corrected chi connectivity index (χ3v) is 5.24. The van der Waals surface area contributed by atoms with Gasteiger partial charge in [-0.3, -0.25) is 9.59 Å². The lowest BCUT2D eigenvalue weighted by Crippen LogP contribution is -2.32. The molecule has 1 fully saturated rings. The molecule has 28 heavy (non-hydrogen) atoms. The van der Waals surface area contributed by atoms with E-state index in [4.69, 9.17) is 0 Å². The number of aryl methyl sites for hydroxylation is 1. The van der Waals surface area contributed by atoms with Crippen LogP contribution >= 0.6 is 0 Å². The highest BCUT2D eigenvalue weighted by atomic mass is 16.2. The van der Waals surface area contributed by atoms with Gasteiger partial charge in [0.25, 0.3) is 0 Å². The summed E-state index contributed by atoms with van der Waals surface area (Å²) in [6.07, 6.45) is 4.02. The Labute approximate surface area is 167 Å². The molecule has 1 N–H and O–H groups in total. The van der Waals surface area contributed by atoms with E-state index in [0.717, 1.165) is 30.0 Å². The zero-order chi connectivity index (χ0) is 19.9. The predicted octanol–water partition coefficient (Wildman–Crippen LogP) is 4.37. The summed E-state index contributed by atoms with van der Waals surface area (Å²) in [5.41, 5.74) is 3.86. The Morgan fingerprint density at radius 2 is 1.68 bits per heavy atom. The number of para-hydroxylation sites is 1. The van der Waals surface area contributed by atoms with Crippen LogP contribution in [0, 0.1) is 6.92 Å². The van der Waals surface area contributed by atoms with Crippen molar-refractivity contribution < 1.29 is 9.59 Å². The normalized spacial score (nSPS) is 13.9. The average molecular weight is 380 g/mol. The molecular formula is C23H29N3O2. The van der Waals surface area contributed by atoms with Crippen molar-refractivity contribution in [1.29, 1.82) is 0 Å². The molecule has 3 rings (SSSR count). The highest BCUT2D eigenvalue weighted by molar-refractivity contribution is 5.95. The Morgan fingerprint density at radius 3 is 2.32 bits per heavy atom. The van der Waals surface area contributed by atoms with E-state index in [0.29, 0.717) is 6.54 Å². The maximum Gasteiger partial charge on any atom is 0.226 e. The summed E-state index contributed by atoms with van der Waals surface area (Å²) < 4.78 is 0. The van der Waals surface area contributed by atoms with Gasteiger partial charge < -0.3 is 15.1 Å². The molecule has 2 aromatic carbocycles. The lowest BCUT2D eigenvalue weighted by Gasteiger charge is -2.29. The SMILES string of the molecule is CC(=O)N(CCC(=O)Nc1ccccc1C)c1ccc(N2CCCCC2)cc1. The first-order chi connectivity index (χ1) is 13.5. The van der Waals surface area contributed by atoms with Crippen LogP contribution in [-0.2, 0) is 9.59 Å². The molecule has 0 aromatic heterocycles. The third-order valence-electron chi connectivity index (χ3n) is 5.24. The number of anilines is 3. The number of amides is 2. The van der Waals surface area contributed by atoms with Crippen molar-refractivity contribution in [3.63, 3.8) is 0 Å². The van der Waals surface area contributed by atoms with Crippen molar-refractivity contribution in [1.82, 2.24) is 0 Å². The van der Waals surface area contributed by atoms with Crippen LogP contribution in [0.1, 0.15) is 38.2 Å². The molecule has 1 aliphatic rings. The maximum atomic E-state index is 12.3. The topological polar surface area (TPSA) is 52.7 Å². The fourth-order valence-electron chi connectivity index (χ4n) is 3.60. The van der Waals surface area contributed by atoms with Gasteiger partial charge in [-0.25, -0.2) is 0 Å². The fourth-order valence-corrected chi connectivity index (χ4v) is 3.60. The minimum Gasteiger partial charge on any atom is -0.372 e. The Bertz CT molecular complexity index is 811. The number of benzene rings is 2.